The number of rotatable bonds is 4. The van der Waals surface area contributed by atoms with Crippen molar-refractivity contribution in [2.75, 3.05) is 5.32 Å². The van der Waals surface area contributed by atoms with E-state index in [4.69, 9.17) is 0 Å². The number of carbonyl (C=O) groups excluding carboxylic acids is 1. The van der Waals surface area contributed by atoms with Gasteiger partial charge >= 0.3 is 0 Å². The summed E-state index contributed by atoms with van der Waals surface area (Å²) in [6.07, 6.45) is 2.86. The Labute approximate surface area is 139 Å². The Balaban J connectivity index is 2.08. The highest BCUT2D eigenvalue weighted by Crippen LogP contribution is 2.16. The Hall–Kier alpha value is -3.02. The number of benzene rings is 1. The molecule has 0 fully saturated rings. The van der Waals surface area contributed by atoms with E-state index >= 15 is 0 Å². The van der Waals surface area contributed by atoms with E-state index in [-0.39, 0.29) is 11.5 Å². The molecule has 2 aromatic heterocycles. The second-order valence-corrected chi connectivity index (χ2v) is 5.52. The number of fused-ring (bicyclic) bond motifs is 1. The Kier molecular flexibility index (Phi) is 4.37. The molecule has 122 valence electrons. The molecule has 3 rings (SSSR count). The lowest BCUT2D eigenvalue weighted by Gasteiger charge is -2.12. The highest BCUT2D eigenvalue weighted by Gasteiger charge is 2.11. The molecule has 1 aromatic carbocycles. The van der Waals surface area contributed by atoms with Gasteiger partial charge in [-0.2, -0.15) is 0 Å². The normalized spacial score (nSPS) is 10.8. The van der Waals surface area contributed by atoms with Gasteiger partial charge in [0, 0.05) is 18.3 Å². The van der Waals surface area contributed by atoms with Gasteiger partial charge in [0.25, 0.3) is 5.56 Å². The second-order valence-electron chi connectivity index (χ2n) is 5.52. The van der Waals surface area contributed by atoms with Crippen LogP contribution in [0.25, 0.3) is 16.7 Å². The lowest BCUT2D eigenvalue weighted by molar-refractivity contribution is -0.116. The summed E-state index contributed by atoms with van der Waals surface area (Å²) in [5.74, 6) is 0.503. The first-order chi connectivity index (χ1) is 11.6. The van der Waals surface area contributed by atoms with Gasteiger partial charge in [-0.1, -0.05) is 13.0 Å². The number of anilines is 1. The van der Waals surface area contributed by atoms with E-state index < -0.39 is 0 Å². The molecule has 6 heteroatoms. The van der Waals surface area contributed by atoms with E-state index in [1.54, 1.807) is 43.5 Å². The molecule has 0 bridgehead atoms. The van der Waals surface area contributed by atoms with Crippen LogP contribution in [0.4, 0.5) is 5.69 Å². The van der Waals surface area contributed by atoms with Crippen LogP contribution in [0.1, 0.15) is 25.6 Å². The number of aromatic nitrogens is 3. The van der Waals surface area contributed by atoms with E-state index in [0.29, 0.717) is 34.7 Å². The van der Waals surface area contributed by atoms with Crippen LogP contribution in [-0.4, -0.2) is 20.4 Å². The van der Waals surface area contributed by atoms with E-state index in [9.17, 15) is 9.59 Å². The zero-order valence-corrected chi connectivity index (χ0v) is 13.6. The van der Waals surface area contributed by atoms with E-state index in [0.717, 1.165) is 6.42 Å². The molecule has 0 unspecified atom stereocenters. The number of nitrogens with one attached hydrogen (secondary N) is 1. The molecular formula is C18H18N4O2. The number of nitrogens with zero attached hydrogens (tertiary/aromatic N) is 3. The smallest absolute Gasteiger partial charge is 0.267 e. The number of hydrogen-bond donors (Lipinski definition) is 1. The van der Waals surface area contributed by atoms with Crippen molar-refractivity contribution in [2.45, 2.75) is 26.7 Å². The second kappa shape index (κ2) is 6.62. The predicted molar refractivity (Wildman–Crippen MR) is 93.4 cm³/mol. The Morgan fingerprint density at radius 1 is 1.25 bits per heavy atom. The molecule has 0 atom stereocenters. The molecular weight excluding hydrogens is 304 g/mol. The molecule has 6 nitrogen and oxygen atoms in total. The zero-order valence-electron chi connectivity index (χ0n) is 13.6. The van der Waals surface area contributed by atoms with Gasteiger partial charge in [0.15, 0.2) is 5.65 Å². The van der Waals surface area contributed by atoms with Crippen LogP contribution in [0.3, 0.4) is 0 Å². The molecule has 0 saturated heterocycles. The summed E-state index contributed by atoms with van der Waals surface area (Å²) in [4.78, 5) is 33.1. The maximum Gasteiger partial charge on any atom is 0.267 e. The van der Waals surface area contributed by atoms with Crippen molar-refractivity contribution >= 4 is 22.6 Å². The Morgan fingerprint density at radius 3 is 2.88 bits per heavy atom. The minimum atomic E-state index is -0.178. The highest BCUT2D eigenvalue weighted by molar-refractivity contribution is 5.90. The topological polar surface area (TPSA) is 76.9 Å². The third kappa shape index (κ3) is 3.03. The molecule has 1 amide bonds. The van der Waals surface area contributed by atoms with Crippen LogP contribution in [0.2, 0.25) is 0 Å². The number of hydrogen-bond acceptors (Lipinski definition) is 4. The summed E-state index contributed by atoms with van der Waals surface area (Å²) in [6.45, 7) is 3.71. The lowest BCUT2D eigenvalue weighted by Crippen LogP contribution is -2.22. The van der Waals surface area contributed by atoms with Crippen LogP contribution in [0.15, 0.2) is 47.4 Å². The summed E-state index contributed by atoms with van der Waals surface area (Å²) in [5.41, 5.74) is 1.57. The lowest BCUT2D eigenvalue weighted by atomic mass is 10.2. The first kappa shape index (κ1) is 15.9. The standard InChI is InChI=1S/C18H18N4O2/c1-3-6-16(23)21-13-7-4-8-14(11-13)22-12(2)20-17-15(18(22)24)9-5-10-19-17/h4-5,7-11H,3,6H2,1-2H3,(H,21,23). The van der Waals surface area contributed by atoms with Gasteiger partial charge in [-0.25, -0.2) is 9.97 Å². The average Bonchev–Trinajstić information content (AvgIpc) is 2.55. The number of amides is 1. The van der Waals surface area contributed by atoms with E-state index in [1.165, 1.54) is 4.57 Å². The molecule has 0 aliphatic rings. The summed E-state index contributed by atoms with van der Waals surface area (Å²) < 4.78 is 1.53. The SMILES string of the molecule is CCCC(=O)Nc1cccc(-n2c(C)nc3ncccc3c2=O)c1. The minimum absolute atomic E-state index is 0.0421. The van der Waals surface area contributed by atoms with Crippen LogP contribution < -0.4 is 10.9 Å². The fourth-order valence-corrected chi connectivity index (χ4v) is 2.60. The number of aryl methyl sites for hydroxylation is 1. The van der Waals surface area contributed by atoms with Crippen molar-refractivity contribution < 1.29 is 4.79 Å². The molecule has 0 saturated carbocycles. The van der Waals surface area contributed by atoms with Crippen molar-refractivity contribution in [1.82, 2.24) is 14.5 Å². The van der Waals surface area contributed by atoms with E-state index in [2.05, 4.69) is 15.3 Å². The maximum atomic E-state index is 12.8. The molecule has 0 aliphatic heterocycles. The quantitative estimate of drug-likeness (QED) is 0.801. The molecule has 1 N–H and O–H groups in total. The van der Waals surface area contributed by atoms with Crippen molar-refractivity contribution in [3.63, 3.8) is 0 Å². The van der Waals surface area contributed by atoms with Crippen LogP contribution >= 0.6 is 0 Å². The monoisotopic (exact) mass is 322 g/mol. The van der Waals surface area contributed by atoms with Crippen LogP contribution in [0, 0.1) is 6.92 Å². The van der Waals surface area contributed by atoms with Gasteiger partial charge in [0.2, 0.25) is 5.91 Å². The fourth-order valence-electron chi connectivity index (χ4n) is 2.60. The summed E-state index contributed by atoms with van der Waals surface area (Å²) in [5, 5.41) is 3.30. The van der Waals surface area contributed by atoms with Gasteiger partial charge in [-0.3, -0.25) is 14.2 Å². The molecule has 2 heterocycles. The van der Waals surface area contributed by atoms with E-state index in [1.807, 2.05) is 13.0 Å². The number of pyridine rings is 1. The Bertz CT molecular complexity index is 963. The summed E-state index contributed by atoms with van der Waals surface area (Å²) >= 11 is 0. The molecule has 0 aliphatic carbocycles. The van der Waals surface area contributed by atoms with Crippen molar-refractivity contribution in [1.29, 1.82) is 0 Å². The third-order valence-electron chi connectivity index (χ3n) is 3.68. The third-order valence-corrected chi connectivity index (χ3v) is 3.68. The predicted octanol–water partition coefficient (Wildman–Crippen LogP) is 2.83. The molecule has 24 heavy (non-hydrogen) atoms. The first-order valence-corrected chi connectivity index (χ1v) is 7.85. The highest BCUT2D eigenvalue weighted by atomic mass is 16.1. The van der Waals surface area contributed by atoms with Crippen LogP contribution in [-0.2, 0) is 4.79 Å². The van der Waals surface area contributed by atoms with Gasteiger partial charge in [0.05, 0.1) is 11.1 Å². The van der Waals surface area contributed by atoms with Gasteiger partial charge < -0.3 is 5.32 Å². The molecule has 0 spiro atoms. The van der Waals surface area contributed by atoms with Crippen molar-refractivity contribution in [3.05, 3.63) is 58.8 Å². The Morgan fingerprint density at radius 2 is 2.08 bits per heavy atom. The van der Waals surface area contributed by atoms with Gasteiger partial charge in [-0.15, -0.1) is 0 Å². The van der Waals surface area contributed by atoms with Crippen molar-refractivity contribution in [3.8, 4) is 5.69 Å². The summed E-state index contributed by atoms with van der Waals surface area (Å²) in [7, 11) is 0. The van der Waals surface area contributed by atoms with Gasteiger partial charge in [-0.05, 0) is 43.7 Å². The summed E-state index contributed by atoms with van der Waals surface area (Å²) in [6, 6.07) is 10.6. The molecule has 0 radical (unpaired) electrons. The van der Waals surface area contributed by atoms with Crippen LogP contribution in [0.5, 0.6) is 0 Å². The van der Waals surface area contributed by atoms with Gasteiger partial charge in [0.1, 0.15) is 5.82 Å². The minimum Gasteiger partial charge on any atom is -0.326 e. The van der Waals surface area contributed by atoms with Crippen molar-refractivity contribution in [2.24, 2.45) is 0 Å². The zero-order chi connectivity index (χ0) is 17.1. The largest absolute Gasteiger partial charge is 0.326 e. The maximum absolute atomic E-state index is 12.8. The molecule has 3 aromatic rings. The number of carbonyl (C=O) groups is 1. The average molecular weight is 322 g/mol. The first-order valence-electron chi connectivity index (χ1n) is 7.85. The fraction of sp³-hybridized carbons (Fsp3) is 0.222.